The van der Waals surface area contributed by atoms with Crippen molar-refractivity contribution in [2.45, 2.75) is 13.0 Å². The number of nitriles is 1. The molecule has 0 bridgehead atoms. The summed E-state index contributed by atoms with van der Waals surface area (Å²) in [6.45, 7) is 4.84. The fraction of sp³-hybridized carbons (Fsp3) is 0.188. The molecule has 0 spiro atoms. The van der Waals surface area contributed by atoms with E-state index >= 15 is 0 Å². The van der Waals surface area contributed by atoms with Gasteiger partial charge in [-0.25, -0.2) is 0 Å². The van der Waals surface area contributed by atoms with E-state index in [0.29, 0.717) is 13.0 Å². The number of aromatic nitrogens is 1. The number of rotatable bonds is 5. The van der Waals surface area contributed by atoms with Crippen molar-refractivity contribution in [1.82, 2.24) is 4.57 Å². The highest BCUT2D eigenvalue weighted by Gasteiger charge is 2.07. The van der Waals surface area contributed by atoms with Crippen LogP contribution >= 0.6 is 0 Å². The summed E-state index contributed by atoms with van der Waals surface area (Å²) in [5, 5.41) is 8.67. The molecule has 0 unspecified atom stereocenters. The van der Waals surface area contributed by atoms with Crippen molar-refractivity contribution in [3.05, 3.63) is 60.4 Å². The second-order valence-corrected chi connectivity index (χ2v) is 4.20. The normalized spacial score (nSPS) is 9.89. The maximum atomic E-state index is 8.67. The summed E-state index contributed by atoms with van der Waals surface area (Å²) in [5.41, 5.74) is 3.05. The lowest BCUT2D eigenvalue weighted by Crippen LogP contribution is -2.01. The third-order valence-corrected chi connectivity index (χ3v) is 3.04. The van der Waals surface area contributed by atoms with Gasteiger partial charge in [-0.3, -0.25) is 0 Å². The van der Waals surface area contributed by atoms with E-state index < -0.39 is 0 Å². The molecular weight excluding hydrogens is 236 g/mol. The van der Waals surface area contributed by atoms with Gasteiger partial charge in [0.05, 0.1) is 19.6 Å². The van der Waals surface area contributed by atoms with E-state index in [0.717, 1.165) is 22.6 Å². The Morgan fingerprint density at radius 3 is 2.68 bits per heavy atom. The summed E-state index contributed by atoms with van der Waals surface area (Å²) >= 11 is 0. The van der Waals surface area contributed by atoms with Crippen LogP contribution in [0.3, 0.4) is 0 Å². The van der Waals surface area contributed by atoms with Crippen molar-refractivity contribution in [2.75, 3.05) is 7.11 Å². The first-order valence-corrected chi connectivity index (χ1v) is 6.12. The highest BCUT2D eigenvalue weighted by molar-refractivity contribution is 5.76. The fourth-order valence-electron chi connectivity index (χ4n) is 1.99. The molecule has 1 aromatic carbocycles. The molecule has 3 nitrogen and oxygen atoms in total. The molecule has 2 rings (SSSR count). The van der Waals surface area contributed by atoms with Crippen molar-refractivity contribution in [1.29, 1.82) is 5.26 Å². The Hall–Kier alpha value is -2.47. The molecule has 0 saturated heterocycles. The second kappa shape index (κ2) is 5.92. The van der Waals surface area contributed by atoms with Crippen LogP contribution in [0.4, 0.5) is 0 Å². The van der Waals surface area contributed by atoms with Crippen LogP contribution in [0.2, 0.25) is 0 Å². The second-order valence-electron chi connectivity index (χ2n) is 4.20. The Kier molecular flexibility index (Phi) is 4.04. The third kappa shape index (κ3) is 2.86. The topological polar surface area (TPSA) is 38.0 Å². The molecule has 0 atom stereocenters. The largest absolute Gasteiger partial charge is 0.497 e. The molecular formula is C16H16N2O. The predicted octanol–water partition coefficient (Wildman–Crippen LogP) is 3.47. The predicted molar refractivity (Wildman–Crippen MR) is 75.8 cm³/mol. The van der Waals surface area contributed by atoms with Crippen LogP contribution in [0.15, 0.2) is 49.2 Å². The van der Waals surface area contributed by atoms with Gasteiger partial charge in [0.2, 0.25) is 0 Å². The van der Waals surface area contributed by atoms with E-state index in [1.807, 2.05) is 42.6 Å². The minimum Gasteiger partial charge on any atom is -0.497 e. The standard InChI is InChI=1S/C16H16N2O/c1-13(14-6-8-15(19-2)9-7-14)16-5-3-11-18(16)12-4-10-17/h3,5-9,11H,1,4,12H2,2H3. The zero-order valence-corrected chi connectivity index (χ0v) is 11.0. The van der Waals surface area contributed by atoms with Crippen LogP contribution in [0, 0.1) is 11.3 Å². The van der Waals surface area contributed by atoms with E-state index in [4.69, 9.17) is 10.00 Å². The Morgan fingerprint density at radius 1 is 1.32 bits per heavy atom. The number of benzene rings is 1. The lowest BCUT2D eigenvalue weighted by atomic mass is 10.0. The zero-order valence-electron chi connectivity index (χ0n) is 11.0. The molecule has 0 radical (unpaired) electrons. The van der Waals surface area contributed by atoms with Gasteiger partial charge in [-0.15, -0.1) is 0 Å². The number of methoxy groups -OCH3 is 1. The Labute approximate surface area is 113 Å². The lowest BCUT2D eigenvalue weighted by Gasteiger charge is -2.11. The van der Waals surface area contributed by atoms with Gasteiger partial charge < -0.3 is 9.30 Å². The van der Waals surface area contributed by atoms with Gasteiger partial charge >= 0.3 is 0 Å². The summed E-state index contributed by atoms with van der Waals surface area (Å²) in [6.07, 6.45) is 2.47. The molecule has 0 fully saturated rings. The first kappa shape index (κ1) is 13.0. The number of ether oxygens (including phenoxy) is 1. The van der Waals surface area contributed by atoms with Gasteiger partial charge in [0.25, 0.3) is 0 Å². The van der Waals surface area contributed by atoms with Crippen molar-refractivity contribution in [3.8, 4) is 11.8 Å². The number of aryl methyl sites for hydroxylation is 1. The molecule has 0 saturated carbocycles. The van der Waals surface area contributed by atoms with Gasteiger partial charge in [-0.2, -0.15) is 5.26 Å². The summed E-state index contributed by atoms with van der Waals surface area (Å²) in [4.78, 5) is 0. The minimum atomic E-state index is 0.498. The number of nitrogens with zero attached hydrogens (tertiary/aromatic N) is 2. The van der Waals surface area contributed by atoms with Crippen molar-refractivity contribution in [2.24, 2.45) is 0 Å². The summed E-state index contributed by atoms with van der Waals surface area (Å²) in [6, 6.07) is 14.0. The molecule has 0 aliphatic rings. The molecule has 1 aromatic heterocycles. The highest BCUT2D eigenvalue weighted by atomic mass is 16.5. The molecule has 96 valence electrons. The Balaban J connectivity index is 2.23. The Morgan fingerprint density at radius 2 is 2.05 bits per heavy atom. The number of hydrogen-bond donors (Lipinski definition) is 0. The molecule has 0 amide bonds. The van der Waals surface area contributed by atoms with E-state index in [1.165, 1.54) is 0 Å². The quantitative estimate of drug-likeness (QED) is 0.817. The van der Waals surface area contributed by atoms with Crippen LogP contribution in [0.25, 0.3) is 5.57 Å². The molecule has 1 heterocycles. The van der Waals surface area contributed by atoms with Gasteiger partial charge in [0.15, 0.2) is 0 Å². The average molecular weight is 252 g/mol. The SMILES string of the molecule is C=C(c1ccc(OC)cc1)c1cccn1CCC#N. The van der Waals surface area contributed by atoms with Crippen LogP contribution in [-0.4, -0.2) is 11.7 Å². The fourth-order valence-corrected chi connectivity index (χ4v) is 1.99. The first-order chi connectivity index (χ1) is 9.26. The van der Waals surface area contributed by atoms with Crippen LogP contribution < -0.4 is 4.74 Å². The van der Waals surface area contributed by atoms with Gasteiger partial charge in [-0.1, -0.05) is 18.7 Å². The van der Waals surface area contributed by atoms with Gasteiger partial charge in [0.1, 0.15) is 5.75 Å². The summed E-state index contributed by atoms with van der Waals surface area (Å²) in [7, 11) is 1.65. The third-order valence-electron chi connectivity index (χ3n) is 3.04. The molecule has 0 aliphatic heterocycles. The van der Waals surface area contributed by atoms with Crippen molar-refractivity contribution < 1.29 is 4.74 Å². The van der Waals surface area contributed by atoms with Gasteiger partial charge in [-0.05, 0) is 35.4 Å². The lowest BCUT2D eigenvalue weighted by molar-refractivity contribution is 0.415. The average Bonchev–Trinajstić information content (AvgIpc) is 2.92. The minimum absolute atomic E-state index is 0.498. The molecule has 0 N–H and O–H groups in total. The van der Waals surface area contributed by atoms with E-state index in [-0.39, 0.29) is 0 Å². The molecule has 2 aromatic rings. The monoisotopic (exact) mass is 252 g/mol. The van der Waals surface area contributed by atoms with Crippen molar-refractivity contribution >= 4 is 5.57 Å². The van der Waals surface area contributed by atoms with Gasteiger partial charge in [0, 0.05) is 18.4 Å². The Bertz CT molecular complexity index is 602. The highest BCUT2D eigenvalue weighted by Crippen LogP contribution is 2.24. The summed E-state index contributed by atoms with van der Waals surface area (Å²) < 4.78 is 7.20. The maximum absolute atomic E-state index is 8.67. The maximum Gasteiger partial charge on any atom is 0.118 e. The smallest absolute Gasteiger partial charge is 0.118 e. The zero-order chi connectivity index (χ0) is 13.7. The number of hydrogen-bond acceptors (Lipinski definition) is 2. The van der Waals surface area contributed by atoms with Crippen molar-refractivity contribution in [3.63, 3.8) is 0 Å². The van der Waals surface area contributed by atoms with E-state index in [1.54, 1.807) is 7.11 Å². The van der Waals surface area contributed by atoms with E-state index in [9.17, 15) is 0 Å². The first-order valence-electron chi connectivity index (χ1n) is 6.12. The summed E-state index contributed by atoms with van der Waals surface area (Å²) in [5.74, 6) is 0.830. The molecule has 19 heavy (non-hydrogen) atoms. The van der Waals surface area contributed by atoms with Crippen LogP contribution in [0.5, 0.6) is 5.75 Å². The van der Waals surface area contributed by atoms with Crippen LogP contribution in [0.1, 0.15) is 17.7 Å². The van der Waals surface area contributed by atoms with Crippen LogP contribution in [-0.2, 0) is 6.54 Å². The molecule has 3 heteroatoms. The molecule has 0 aliphatic carbocycles. The van der Waals surface area contributed by atoms with E-state index in [2.05, 4.69) is 17.2 Å².